The van der Waals surface area contributed by atoms with Crippen LogP contribution in [0.25, 0.3) is 11.4 Å². The van der Waals surface area contributed by atoms with Gasteiger partial charge in [0.2, 0.25) is 5.88 Å². The molecule has 0 saturated carbocycles. The Labute approximate surface area is 110 Å². The molecule has 0 aliphatic carbocycles. The molecule has 0 spiro atoms. The lowest BCUT2D eigenvalue weighted by Crippen LogP contribution is -1.97. The standard InChI is InChI=1S/C15H11N3O/c1-11-9-13-14(17-11)16-10-18(15(13)19)8-7-12-5-3-2-4-6-12/h2-6,9-10,19H,1H3. The molecule has 1 aromatic rings. The number of aryl methyl sites for hydroxylation is 1. The molecule has 4 heteroatoms. The summed E-state index contributed by atoms with van der Waals surface area (Å²) < 4.78 is 1.40. The molecule has 92 valence electrons. The van der Waals surface area contributed by atoms with Crippen LogP contribution in [0.3, 0.4) is 0 Å². The molecular formula is C15H11N3O. The molecule has 4 nitrogen and oxygen atoms in total. The minimum absolute atomic E-state index is 0.0639. The summed E-state index contributed by atoms with van der Waals surface area (Å²) in [6.45, 7) is 1.86. The zero-order valence-electron chi connectivity index (χ0n) is 10.3. The molecule has 0 unspecified atom stereocenters. The fourth-order valence-electron chi connectivity index (χ4n) is 1.82. The molecule has 2 aliphatic rings. The van der Waals surface area contributed by atoms with Crippen molar-refractivity contribution in [2.45, 2.75) is 6.92 Å². The number of benzene rings is 1. The number of nitrogens with zero attached hydrogens (tertiary/aromatic N) is 3. The van der Waals surface area contributed by atoms with Gasteiger partial charge in [-0.2, -0.15) is 0 Å². The van der Waals surface area contributed by atoms with Gasteiger partial charge in [-0.3, -0.25) is 0 Å². The Kier molecular flexibility index (Phi) is 2.66. The van der Waals surface area contributed by atoms with Gasteiger partial charge < -0.3 is 5.11 Å². The lowest BCUT2D eigenvalue weighted by atomic mass is 10.2. The van der Waals surface area contributed by atoms with E-state index in [1.807, 2.05) is 37.3 Å². The smallest absolute Gasteiger partial charge is 0.215 e. The monoisotopic (exact) mass is 249 g/mol. The van der Waals surface area contributed by atoms with E-state index in [4.69, 9.17) is 0 Å². The van der Waals surface area contributed by atoms with Crippen LogP contribution in [-0.2, 0) is 0 Å². The Morgan fingerprint density at radius 1 is 1.21 bits per heavy atom. The van der Waals surface area contributed by atoms with Gasteiger partial charge in [0.15, 0.2) is 5.82 Å². The van der Waals surface area contributed by atoms with E-state index in [2.05, 4.69) is 21.9 Å². The van der Waals surface area contributed by atoms with E-state index in [1.165, 1.54) is 10.9 Å². The molecule has 3 rings (SSSR count). The molecule has 0 fully saturated rings. The Morgan fingerprint density at radius 3 is 2.79 bits per heavy atom. The Hall–Kier alpha value is -2.80. The molecule has 1 aromatic carbocycles. The Morgan fingerprint density at radius 2 is 2.00 bits per heavy atom. The normalized spacial score (nSPS) is 10.2. The molecule has 0 bridgehead atoms. The second-order valence-electron chi connectivity index (χ2n) is 4.18. The van der Waals surface area contributed by atoms with Crippen LogP contribution in [-0.4, -0.2) is 19.6 Å². The van der Waals surface area contributed by atoms with Gasteiger partial charge in [-0.05, 0) is 31.0 Å². The number of rotatable bonds is 0. The molecule has 19 heavy (non-hydrogen) atoms. The van der Waals surface area contributed by atoms with E-state index < -0.39 is 0 Å². The van der Waals surface area contributed by atoms with Gasteiger partial charge in [-0.25, -0.2) is 14.5 Å². The maximum atomic E-state index is 10.1. The van der Waals surface area contributed by atoms with E-state index in [0.717, 1.165) is 11.3 Å². The van der Waals surface area contributed by atoms with Gasteiger partial charge in [-0.1, -0.05) is 18.2 Å². The van der Waals surface area contributed by atoms with Crippen molar-refractivity contribution in [1.82, 2.24) is 14.5 Å². The molecule has 0 atom stereocenters. The van der Waals surface area contributed by atoms with Crippen LogP contribution in [0.15, 0.2) is 42.7 Å². The predicted molar refractivity (Wildman–Crippen MR) is 71.8 cm³/mol. The van der Waals surface area contributed by atoms with Crippen molar-refractivity contribution < 1.29 is 5.11 Å². The summed E-state index contributed by atoms with van der Waals surface area (Å²) in [4.78, 5) is 8.37. The third kappa shape index (κ3) is 2.14. The lowest BCUT2D eigenvalue weighted by Gasteiger charge is -2.04. The first-order valence-electron chi connectivity index (χ1n) is 5.85. The first-order valence-corrected chi connectivity index (χ1v) is 5.85. The highest BCUT2D eigenvalue weighted by Crippen LogP contribution is 2.28. The van der Waals surface area contributed by atoms with E-state index in [0.29, 0.717) is 11.4 Å². The van der Waals surface area contributed by atoms with Gasteiger partial charge in [0.25, 0.3) is 0 Å². The Balaban J connectivity index is 2.05. The summed E-state index contributed by atoms with van der Waals surface area (Å²) in [6, 6.07) is 14.2. The maximum Gasteiger partial charge on any atom is 0.215 e. The van der Waals surface area contributed by atoms with Crippen LogP contribution < -0.4 is 0 Å². The fraction of sp³-hybridized carbons (Fsp3) is 0.0667. The average Bonchev–Trinajstić information content (AvgIpc) is 2.81. The summed E-state index contributed by atoms with van der Waals surface area (Å²) in [6.07, 6.45) is 1.47. The van der Waals surface area contributed by atoms with Crippen LogP contribution in [0, 0.1) is 18.9 Å². The van der Waals surface area contributed by atoms with Gasteiger partial charge >= 0.3 is 0 Å². The van der Waals surface area contributed by atoms with Gasteiger partial charge in [0.1, 0.15) is 6.33 Å². The SMILES string of the molecule is Cc1cc2c(O)n(C#Cc3ccccc3)cnc-2n1. The number of aromatic nitrogens is 3. The molecule has 0 amide bonds. The van der Waals surface area contributed by atoms with Crippen molar-refractivity contribution in [1.29, 1.82) is 0 Å². The summed E-state index contributed by atoms with van der Waals surface area (Å²) >= 11 is 0. The highest BCUT2D eigenvalue weighted by Gasteiger charge is 2.14. The van der Waals surface area contributed by atoms with Crippen molar-refractivity contribution in [3.63, 3.8) is 0 Å². The highest BCUT2D eigenvalue weighted by molar-refractivity contribution is 5.64. The average molecular weight is 249 g/mol. The summed E-state index contributed by atoms with van der Waals surface area (Å²) in [5, 5.41) is 10.1. The fourth-order valence-corrected chi connectivity index (χ4v) is 1.82. The largest absolute Gasteiger partial charge is 0.493 e. The molecule has 0 saturated heterocycles. The second-order valence-corrected chi connectivity index (χ2v) is 4.18. The molecule has 0 aromatic heterocycles. The quantitative estimate of drug-likeness (QED) is 0.622. The third-order valence-electron chi connectivity index (χ3n) is 2.74. The van der Waals surface area contributed by atoms with Gasteiger partial charge in [0, 0.05) is 17.3 Å². The second kappa shape index (κ2) is 4.46. The highest BCUT2D eigenvalue weighted by atomic mass is 16.3. The Bertz CT molecular complexity index is 750. The van der Waals surface area contributed by atoms with E-state index in [1.54, 1.807) is 6.07 Å². The first kappa shape index (κ1) is 11.3. The summed E-state index contributed by atoms with van der Waals surface area (Å²) in [5.74, 6) is 3.56. The molecule has 2 aliphatic heterocycles. The summed E-state index contributed by atoms with van der Waals surface area (Å²) in [5.41, 5.74) is 2.32. The van der Waals surface area contributed by atoms with Crippen LogP contribution >= 0.6 is 0 Å². The van der Waals surface area contributed by atoms with E-state index in [9.17, 15) is 5.11 Å². The van der Waals surface area contributed by atoms with Crippen LogP contribution in [0.1, 0.15) is 11.3 Å². The predicted octanol–water partition coefficient (Wildman–Crippen LogP) is 2.25. The van der Waals surface area contributed by atoms with Crippen molar-refractivity contribution in [3.8, 4) is 29.2 Å². The number of aromatic hydroxyl groups is 1. The maximum absolute atomic E-state index is 10.1. The van der Waals surface area contributed by atoms with Crippen molar-refractivity contribution in [2.75, 3.05) is 0 Å². The summed E-state index contributed by atoms with van der Waals surface area (Å²) in [7, 11) is 0. The van der Waals surface area contributed by atoms with E-state index >= 15 is 0 Å². The molecule has 0 radical (unpaired) electrons. The van der Waals surface area contributed by atoms with Gasteiger partial charge in [0.05, 0.1) is 5.56 Å². The van der Waals surface area contributed by atoms with Crippen molar-refractivity contribution in [3.05, 3.63) is 54.0 Å². The third-order valence-corrected chi connectivity index (χ3v) is 2.74. The molecular weight excluding hydrogens is 238 g/mol. The number of hydrogen-bond acceptors (Lipinski definition) is 3. The topological polar surface area (TPSA) is 50.9 Å². The van der Waals surface area contributed by atoms with Crippen molar-refractivity contribution >= 4 is 0 Å². The van der Waals surface area contributed by atoms with Crippen LogP contribution in [0.5, 0.6) is 5.88 Å². The minimum atomic E-state index is 0.0639. The van der Waals surface area contributed by atoms with Crippen LogP contribution in [0.2, 0.25) is 0 Å². The lowest BCUT2D eigenvalue weighted by molar-refractivity contribution is 0.440. The first-order chi connectivity index (χ1) is 9.24. The van der Waals surface area contributed by atoms with Crippen molar-refractivity contribution in [2.24, 2.45) is 0 Å². The van der Waals surface area contributed by atoms with Crippen LogP contribution in [0.4, 0.5) is 0 Å². The minimum Gasteiger partial charge on any atom is -0.493 e. The zero-order valence-corrected chi connectivity index (χ0v) is 10.3. The van der Waals surface area contributed by atoms with Gasteiger partial charge in [-0.15, -0.1) is 0 Å². The molecule has 2 heterocycles. The number of fused-ring (bicyclic) bond motifs is 1. The zero-order chi connectivity index (χ0) is 13.2. The van der Waals surface area contributed by atoms with E-state index in [-0.39, 0.29) is 5.88 Å². The molecule has 1 N–H and O–H groups in total. The number of hydrogen-bond donors (Lipinski definition) is 1.